The summed E-state index contributed by atoms with van der Waals surface area (Å²) in [7, 11) is -2.33. The van der Waals surface area contributed by atoms with Crippen LogP contribution in [-0.2, 0) is 14.8 Å². The molecule has 7 nitrogen and oxygen atoms in total. The van der Waals surface area contributed by atoms with Crippen LogP contribution in [0.2, 0.25) is 0 Å². The molecule has 9 heteroatoms. The molecule has 1 aromatic heterocycles. The van der Waals surface area contributed by atoms with E-state index in [-0.39, 0.29) is 9.77 Å². The third-order valence-electron chi connectivity index (χ3n) is 2.10. The molecule has 3 N–H and O–H groups in total. The highest BCUT2D eigenvalue weighted by Crippen LogP contribution is 2.18. The largest absolute Gasteiger partial charge is 0.480 e. The number of carboxylic acid groups (broad SMARTS) is 1. The topological polar surface area (TPSA) is 113 Å². The summed E-state index contributed by atoms with van der Waals surface area (Å²) in [6.45, 7) is 1.32. The third-order valence-corrected chi connectivity index (χ3v) is 4.57. The van der Waals surface area contributed by atoms with E-state index in [9.17, 15) is 18.0 Å². The molecule has 0 spiro atoms. The average Bonchev–Trinajstić information content (AvgIpc) is 2.78. The SMILES string of the molecule is CNS(=O)(=O)c1csc(C(=O)N[C@H](C)C(=O)O)c1. The van der Waals surface area contributed by atoms with Gasteiger partial charge in [0.15, 0.2) is 0 Å². The van der Waals surface area contributed by atoms with Crippen LogP contribution < -0.4 is 10.0 Å². The molecular weight excluding hydrogens is 280 g/mol. The summed E-state index contributed by atoms with van der Waals surface area (Å²) in [4.78, 5) is 22.3. The first-order valence-electron chi connectivity index (χ1n) is 4.83. The highest BCUT2D eigenvalue weighted by molar-refractivity contribution is 7.89. The Morgan fingerprint density at radius 2 is 2.06 bits per heavy atom. The second-order valence-electron chi connectivity index (χ2n) is 3.39. The molecule has 0 saturated carbocycles. The molecule has 18 heavy (non-hydrogen) atoms. The molecule has 0 aliphatic heterocycles. The molecule has 0 radical (unpaired) electrons. The molecular formula is C9H12N2O5S2. The molecule has 0 aliphatic carbocycles. The van der Waals surface area contributed by atoms with E-state index in [1.807, 2.05) is 0 Å². The van der Waals surface area contributed by atoms with Crippen molar-refractivity contribution in [3.63, 3.8) is 0 Å². The van der Waals surface area contributed by atoms with Gasteiger partial charge in [0.05, 0.1) is 9.77 Å². The average molecular weight is 292 g/mol. The van der Waals surface area contributed by atoms with Crippen LogP contribution in [0.15, 0.2) is 16.3 Å². The number of aliphatic carboxylic acids is 1. The number of hydrogen-bond acceptors (Lipinski definition) is 5. The fraction of sp³-hybridized carbons (Fsp3) is 0.333. The van der Waals surface area contributed by atoms with Crippen molar-refractivity contribution >= 4 is 33.2 Å². The van der Waals surface area contributed by atoms with Gasteiger partial charge in [-0.3, -0.25) is 9.59 Å². The Balaban J connectivity index is 2.87. The number of hydrogen-bond donors (Lipinski definition) is 3. The molecule has 1 heterocycles. The van der Waals surface area contributed by atoms with Gasteiger partial charge in [0.2, 0.25) is 10.0 Å². The van der Waals surface area contributed by atoms with Gasteiger partial charge in [-0.1, -0.05) is 0 Å². The number of thiophene rings is 1. The first-order chi connectivity index (χ1) is 8.27. The minimum absolute atomic E-state index is 0.0249. The summed E-state index contributed by atoms with van der Waals surface area (Å²) in [6, 6.07) is 0.157. The number of carboxylic acids is 1. The number of nitrogens with one attached hydrogen (secondary N) is 2. The Hall–Kier alpha value is -1.45. The van der Waals surface area contributed by atoms with Crippen LogP contribution >= 0.6 is 11.3 Å². The summed E-state index contributed by atoms with van der Waals surface area (Å²) in [6.07, 6.45) is 0. The van der Waals surface area contributed by atoms with Crippen molar-refractivity contribution < 1.29 is 23.1 Å². The van der Waals surface area contributed by atoms with Crippen molar-refractivity contribution in [3.05, 3.63) is 16.3 Å². The van der Waals surface area contributed by atoms with Crippen molar-refractivity contribution in [2.75, 3.05) is 7.05 Å². The lowest BCUT2D eigenvalue weighted by Gasteiger charge is -2.07. The quantitative estimate of drug-likeness (QED) is 0.699. The van der Waals surface area contributed by atoms with Crippen molar-refractivity contribution in [1.82, 2.24) is 10.0 Å². The molecule has 1 aromatic rings. The first-order valence-corrected chi connectivity index (χ1v) is 7.20. The summed E-state index contributed by atoms with van der Waals surface area (Å²) < 4.78 is 25.0. The predicted octanol–water partition coefficient (Wildman–Crippen LogP) is -0.141. The van der Waals surface area contributed by atoms with E-state index in [0.717, 1.165) is 11.3 Å². The van der Waals surface area contributed by atoms with Crippen LogP contribution in [0.25, 0.3) is 0 Å². The summed E-state index contributed by atoms with van der Waals surface area (Å²) in [5.74, 6) is -1.78. The van der Waals surface area contributed by atoms with Gasteiger partial charge in [-0.05, 0) is 20.0 Å². The standard InChI is InChI=1S/C9H12N2O5S2/c1-5(9(13)14)11-8(12)7-3-6(4-17-7)18(15,16)10-2/h3-5,10H,1-2H3,(H,11,12)(H,13,14)/t5-/m1/s1. The normalized spacial score (nSPS) is 13.0. The van der Waals surface area contributed by atoms with Gasteiger partial charge in [-0.25, -0.2) is 13.1 Å². The Bertz CT molecular complexity index is 563. The summed E-state index contributed by atoms with van der Waals surface area (Å²) >= 11 is 0.929. The van der Waals surface area contributed by atoms with Gasteiger partial charge in [0.25, 0.3) is 5.91 Å². The Morgan fingerprint density at radius 1 is 1.44 bits per heavy atom. The monoisotopic (exact) mass is 292 g/mol. The molecule has 1 amide bonds. The molecule has 0 fully saturated rings. The first kappa shape index (κ1) is 14.6. The van der Waals surface area contributed by atoms with E-state index in [1.54, 1.807) is 0 Å². The lowest BCUT2D eigenvalue weighted by Crippen LogP contribution is -2.37. The molecule has 0 aromatic carbocycles. The van der Waals surface area contributed by atoms with E-state index in [4.69, 9.17) is 5.11 Å². The number of sulfonamides is 1. The maximum atomic E-state index is 11.6. The minimum Gasteiger partial charge on any atom is -0.480 e. The highest BCUT2D eigenvalue weighted by atomic mass is 32.2. The van der Waals surface area contributed by atoms with E-state index in [2.05, 4.69) is 10.0 Å². The van der Waals surface area contributed by atoms with Gasteiger partial charge < -0.3 is 10.4 Å². The summed E-state index contributed by atoms with van der Waals surface area (Å²) in [5, 5.41) is 12.2. The van der Waals surface area contributed by atoms with Crippen LogP contribution in [0.4, 0.5) is 0 Å². The van der Waals surface area contributed by atoms with Crippen LogP contribution in [0, 0.1) is 0 Å². The molecule has 0 bridgehead atoms. The maximum Gasteiger partial charge on any atom is 0.325 e. The summed E-state index contributed by atoms with van der Waals surface area (Å²) in [5.41, 5.74) is 0. The molecule has 0 saturated heterocycles. The van der Waals surface area contributed by atoms with Gasteiger partial charge in [0.1, 0.15) is 6.04 Å². The van der Waals surface area contributed by atoms with Gasteiger partial charge >= 0.3 is 5.97 Å². The highest BCUT2D eigenvalue weighted by Gasteiger charge is 2.20. The lowest BCUT2D eigenvalue weighted by atomic mass is 10.3. The molecule has 0 aliphatic rings. The van der Waals surface area contributed by atoms with Crippen molar-refractivity contribution in [1.29, 1.82) is 0 Å². The number of carbonyl (C=O) groups excluding carboxylic acids is 1. The van der Waals surface area contributed by atoms with Crippen LogP contribution in [-0.4, -0.2) is 38.5 Å². The number of rotatable bonds is 5. The number of carbonyl (C=O) groups is 2. The Kier molecular flexibility index (Phi) is 4.43. The maximum absolute atomic E-state index is 11.6. The second kappa shape index (κ2) is 5.46. The third kappa shape index (κ3) is 3.28. The fourth-order valence-electron chi connectivity index (χ4n) is 1.03. The molecule has 1 rings (SSSR count). The fourth-order valence-corrected chi connectivity index (χ4v) is 2.93. The molecule has 0 unspecified atom stereocenters. The number of amides is 1. The van der Waals surface area contributed by atoms with Gasteiger partial charge in [0, 0.05) is 5.38 Å². The van der Waals surface area contributed by atoms with E-state index in [1.165, 1.54) is 25.4 Å². The zero-order valence-corrected chi connectivity index (χ0v) is 11.3. The molecule has 1 atom stereocenters. The van der Waals surface area contributed by atoms with Crippen LogP contribution in [0.3, 0.4) is 0 Å². The van der Waals surface area contributed by atoms with Gasteiger partial charge in [-0.2, -0.15) is 0 Å². The lowest BCUT2D eigenvalue weighted by molar-refractivity contribution is -0.138. The van der Waals surface area contributed by atoms with Crippen LogP contribution in [0.1, 0.15) is 16.6 Å². The van der Waals surface area contributed by atoms with E-state index in [0.29, 0.717) is 0 Å². The van der Waals surface area contributed by atoms with E-state index < -0.39 is 27.9 Å². The van der Waals surface area contributed by atoms with Crippen molar-refractivity contribution in [3.8, 4) is 0 Å². The Morgan fingerprint density at radius 3 is 2.56 bits per heavy atom. The minimum atomic E-state index is -3.59. The predicted molar refractivity (Wildman–Crippen MR) is 65.1 cm³/mol. The second-order valence-corrected chi connectivity index (χ2v) is 6.19. The van der Waals surface area contributed by atoms with Gasteiger partial charge in [-0.15, -0.1) is 11.3 Å². The Labute approximate surface area is 108 Å². The van der Waals surface area contributed by atoms with Crippen molar-refractivity contribution in [2.24, 2.45) is 0 Å². The van der Waals surface area contributed by atoms with E-state index >= 15 is 0 Å². The van der Waals surface area contributed by atoms with Crippen molar-refractivity contribution in [2.45, 2.75) is 17.9 Å². The molecule has 100 valence electrons. The zero-order valence-electron chi connectivity index (χ0n) is 9.63. The smallest absolute Gasteiger partial charge is 0.325 e. The zero-order chi connectivity index (χ0) is 13.9. The van der Waals surface area contributed by atoms with Crippen LogP contribution in [0.5, 0.6) is 0 Å².